The van der Waals surface area contributed by atoms with Gasteiger partial charge >= 0.3 is 0 Å². The van der Waals surface area contributed by atoms with Gasteiger partial charge in [0.25, 0.3) is 0 Å². The highest BCUT2D eigenvalue weighted by Crippen LogP contribution is 2.05. The van der Waals surface area contributed by atoms with Crippen LogP contribution in [0, 0.1) is 0 Å². The lowest BCUT2D eigenvalue weighted by atomic mass is 10.2. The standard InChI is InChI=1S/C10H15N3O4S/c14-10(12-6-9-1-2-13-17-9)5-8-7-18(15,16)4-3-11-8/h1-2,8,11H,3-7H2,(H,12,14). The molecular weight excluding hydrogens is 258 g/mol. The third-order valence-electron chi connectivity index (χ3n) is 2.68. The van der Waals surface area contributed by atoms with Crippen molar-refractivity contribution in [3.8, 4) is 0 Å². The third kappa shape index (κ3) is 3.81. The van der Waals surface area contributed by atoms with E-state index in [4.69, 9.17) is 4.52 Å². The van der Waals surface area contributed by atoms with Gasteiger partial charge in [-0.15, -0.1) is 0 Å². The first-order valence-electron chi connectivity index (χ1n) is 5.65. The smallest absolute Gasteiger partial charge is 0.221 e. The molecule has 1 saturated heterocycles. The zero-order valence-electron chi connectivity index (χ0n) is 9.76. The lowest BCUT2D eigenvalue weighted by Crippen LogP contribution is -2.47. The molecular formula is C10H15N3O4S. The fourth-order valence-corrected chi connectivity index (χ4v) is 3.26. The van der Waals surface area contributed by atoms with Gasteiger partial charge in [-0.3, -0.25) is 4.79 Å². The first-order chi connectivity index (χ1) is 8.55. The molecule has 2 rings (SSSR count). The molecule has 1 aromatic rings. The zero-order chi connectivity index (χ0) is 13.0. The molecule has 18 heavy (non-hydrogen) atoms. The second-order valence-electron chi connectivity index (χ2n) is 4.23. The van der Waals surface area contributed by atoms with E-state index in [1.165, 1.54) is 6.20 Å². The summed E-state index contributed by atoms with van der Waals surface area (Å²) in [5, 5.41) is 9.19. The molecule has 1 aromatic heterocycles. The molecule has 0 radical (unpaired) electrons. The minimum atomic E-state index is -3.01. The van der Waals surface area contributed by atoms with Crippen LogP contribution in [0.4, 0.5) is 0 Å². The molecule has 0 aliphatic carbocycles. The Hall–Kier alpha value is -1.41. The van der Waals surface area contributed by atoms with Crippen molar-refractivity contribution >= 4 is 15.7 Å². The molecule has 1 fully saturated rings. The van der Waals surface area contributed by atoms with Crippen molar-refractivity contribution in [1.82, 2.24) is 15.8 Å². The van der Waals surface area contributed by atoms with E-state index in [0.717, 1.165) is 0 Å². The SMILES string of the molecule is O=C(CC1CS(=O)(=O)CCN1)NCc1ccno1. The topological polar surface area (TPSA) is 101 Å². The van der Waals surface area contributed by atoms with Gasteiger partial charge < -0.3 is 15.2 Å². The molecule has 2 heterocycles. The largest absolute Gasteiger partial charge is 0.360 e. The van der Waals surface area contributed by atoms with Crippen LogP contribution in [0.15, 0.2) is 16.8 Å². The Kier molecular flexibility index (Phi) is 3.97. The normalized spacial score (nSPS) is 22.6. The molecule has 8 heteroatoms. The summed E-state index contributed by atoms with van der Waals surface area (Å²) >= 11 is 0. The van der Waals surface area contributed by atoms with Gasteiger partial charge in [-0.05, 0) is 0 Å². The van der Waals surface area contributed by atoms with E-state index in [1.807, 2.05) is 0 Å². The highest BCUT2D eigenvalue weighted by atomic mass is 32.2. The molecule has 1 amide bonds. The predicted octanol–water partition coefficient (Wildman–Crippen LogP) is -0.932. The second-order valence-corrected chi connectivity index (χ2v) is 6.45. The molecule has 0 bridgehead atoms. The molecule has 100 valence electrons. The lowest BCUT2D eigenvalue weighted by molar-refractivity contribution is -0.121. The average molecular weight is 273 g/mol. The Morgan fingerprint density at radius 1 is 1.61 bits per heavy atom. The highest BCUT2D eigenvalue weighted by molar-refractivity contribution is 7.91. The van der Waals surface area contributed by atoms with Gasteiger partial charge in [0.2, 0.25) is 5.91 Å². The molecule has 1 atom stereocenters. The van der Waals surface area contributed by atoms with Gasteiger partial charge in [0.05, 0.1) is 24.2 Å². The van der Waals surface area contributed by atoms with Crippen LogP contribution in [0.5, 0.6) is 0 Å². The number of aromatic nitrogens is 1. The average Bonchev–Trinajstić information content (AvgIpc) is 2.77. The molecule has 0 aromatic carbocycles. The summed E-state index contributed by atoms with van der Waals surface area (Å²) in [6.07, 6.45) is 1.64. The van der Waals surface area contributed by atoms with E-state index in [0.29, 0.717) is 12.3 Å². The first kappa shape index (κ1) is 13.0. The number of sulfone groups is 1. The van der Waals surface area contributed by atoms with Crippen LogP contribution >= 0.6 is 0 Å². The number of hydrogen-bond acceptors (Lipinski definition) is 6. The van der Waals surface area contributed by atoms with Crippen molar-refractivity contribution in [3.63, 3.8) is 0 Å². The molecule has 1 aliphatic rings. The van der Waals surface area contributed by atoms with Crippen molar-refractivity contribution in [3.05, 3.63) is 18.0 Å². The van der Waals surface area contributed by atoms with Gasteiger partial charge in [0.1, 0.15) is 0 Å². The number of nitrogens with zero attached hydrogens (tertiary/aromatic N) is 1. The van der Waals surface area contributed by atoms with Crippen molar-refractivity contribution in [2.75, 3.05) is 18.1 Å². The zero-order valence-corrected chi connectivity index (χ0v) is 10.6. The van der Waals surface area contributed by atoms with E-state index in [-0.39, 0.29) is 36.4 Å². The summed E-state index contributed by atoms with van der Waals surface area (Å²) in [4.78, 5) is 11.6. The lowest BCUT2D eigenvalue weighted by Gasteiger charge is -2.22. The van der Waals surface area contributed by atoms with E-state index < -0.39 is 9.84 Å². The number of amides is 1. The predicted molar refractivity (Wildman–Crippen MR) is 63.4 cm³/mol. The van der Waals surface area contributed by atoms with Crippen LogP contribution in [-0.4, -0.2) is 43.6 Å². The van der Waals surface area contributed by atoms with Crippen LogP contribution in [0.2, 0.25) is 0 Å². The number of nitrogens with one attached hydrogen (secondary N) is 2. The monoisotopic (exact) mass is 273 g/mol. The second kappa shape index (κ2) is 5.49. The maximum absolute atomic E-state index is 11.6. The van der Waals surface area contributed by atoms with Crippen LogP contribution in [0.3, 0.4) is 0 Å². The number of carbonyl (C=O) groups excluding carboxylic acids is 1. The molecule has 1 unspecified atom stereocenters. The summed E-state index contributed by atoms with van der Waals surface area (Å²) in [5.41, 5.74) is 0. The molecule has 0 saturated carbocycles. The highest BCUT2D eigenvalue weighted by Gasteiger charge is 2.25. The summed E-state index contributed by atoms with van der Waals surface area (Å²) in [5.74, 6) is 0.514. The Morgan fingerprint density at radius 3 is 3.11 bits per heavy atom. The molecule has 2 N–H and O–H groups in total. The van der Waals surface area contributed by atoms with E-state index in [9.17, 15) is 13.2 Å². The quantitative estimate of drug-likeness (QED) is 0.735. The van der Waals surface area contributed by atoms with Crippen molar-refractivity contribution in [2.24, 2.45) is 0 Å². The Labute approximate surface area is 105 Å². The van der Waals surface area contributed by atoms with Crippen molar-refractivity contribution < 1.29 is 17.7 Å². The minimum Gasteiger partial charge on any atom is -0.360 e. The Bertz CT molecular complexity index is 497. The third-order valence-corrected chi connectivity index (χ3v) is 4.42. The minimum absolute atomic E-state index is 0.0166. The van der Waals surface area contributed by atoms with Gasteiger partial charge in [-0.1, -0.05) is 5.16 Å². The van der Waals surface area contributed by atoms with E-state index in [2.05, 4.69) is 15.8 Å². The molecule has 7 nitrogen and oxygen atoms in total. The Balaban J connectivity index is 1.77. The van der Waals surface area contributed by atoms with Crippen molar-refractivity contribution in [1.29, 1.82) is 0 Å². The van der Waals surface area contributed by atoms with Gasteiger partial charge in [0.15, 0.2) is 15.6 Å². The van der Waals surface area contributed by atoms with Crippen LogP contribution < -0.4 is 10.6 Å². The van der Waals surface area contributed by atoms with Crippen LogP contribution in [0.25, 0.3) is 0 Å². The summed E-state index contributed by atoms with van der Waals surface area (Å²) in [7, 11) is -3.01. The van der Waals surface area contributed by atoms with Gasteiger partial charge in [0, 0.05) is 25.1 Å². The van der Waals surface area contributed by atoms with Crippen molar-refractivity contribution in [2.45, 2.75) is 19.0 Å². The molecule has 0 spiro atoms. The molecule has 1 aliphatic heterocycles. The first-order valence-corrected chi connectivity index (χ1v) is 7.47. The van der Waals surface area contributed by atoms with E-state index in [1.54, 1.807) is 6.07 Å². The van der Waals surface area contributed by atoms with Crippen LogP contribution in [0.1, 0.15) is 12.2 Å². The summed E-state index contributed by atoms with van der Waals surface area (Å²) in [6.45, 7) is 0.667. The Morgan fingerprint density at radius 2 is 2.44 bits per heavy atom. The van der Waals surface area contributed by atoms with Crippen LogP contribution in [-0.2, 0) is 21.2 Å². The maximum atomic E-state index is 11.6. The maximum Gasteiger partial charge on any atom is 0.221 e. The number of hydrogen-bond donors (Lipinski definition) is 2. The van der Waals surface area contributed by atoms with Gasteiger partial charge in [-0.25, -0.2) is 8.42 Å². The number of carbonyl (C=O) groups is 1. The van der Waals surface area contributed by atoms with E-state index >= 15 is 0 Å². The summed E-state index contributed by atoms with van der Waals surface area (Å²) < 4.78 is 27.6. The fraction of sp³-hybridized carbons (Fsp3) is 0.600. The number of rotatable bonds is 4. The van der Waals surface area contributed by atoms with Gasteiger partial charge in [-0.2, -0.15) is 0 Å². The fourth-order valence-electron chi connectivity index (χ4n) is 1.81. The summed E-state index contributed by atoms with van der Waals surface area (Å²) in [6, 6.07) is 1.35.